The largest absolute Gasteiger partial charge is 0.462 e. The van der Waals surface area contributed by atoms with Crippen molar-refractivity contribution in [2.24, 2.45) is 5.92 Å². The highest BCUT2D eigenvalue weighted by Gasteiger charge is 2.44. The van der Waals surface area contributed by atoms with E-state index in [9.17, 15) is 24.6 Å². The lowest BCUT2D eigenvalue weighted by molar-refractivity contribution is -0.148. The number of rotatable bonds is 6. The third-order valence-corrected chi connectivity index (χ3v) is 5.05. The van der Waals surface area contributed by atoms with Gasteiger partial charge in [0.15, 0.2) is 0 Å². The minimum atomic E-state index is -0.781. The number of aliphatic hydroxyl groups is 2. The Balaban J connectivity index is 2.31. The average Bonchev–Trinajstić information content (AvgIpc) is 2.96. The van der Waals surface area contributed by atoms with Gasteiger partial charge in [0, 0.05) is 18.9 Å². The summed E-state index contributed by atoms with van der Waals surface area (Å²) >= 11 is 0. The van der Waals surface area contributed by atoms with E-state index in [1.54, 1.807) is 6.08 Å². The lowest BCUT2D eigenvalue weighted by Gasteiger charge is -2.27. The van der Waals surface area contributed by atoms with E-state index in [0.29, 0.717) is 19.3 Å². The van der Waals surface area contributed by atoms with Crippen LogP contribution in [0.2, 0.25) is 0 Å². The zero-order valence-corrected chi connectivity index (χ0v) is 17.3. The highest BCUT2D eigenvalue weighted by molar-refractivity contribution is 5.92. The van der Waals surface area contributed by atoms with Crippen LogP contribution in [0.1, 0.15) is 33.1 Å². The summed E-state index contributed by atoms with van der Waals surface area (Å²) in [6, 6.07) is 0. The molecule has 3 unspecified atom stereocenters. The summed E-state index contributed by atoms with van der Waals surface area (Å²) in [6.07, 6.45) is 5.16. The highest BCUT2D eigenvalue weighted by Crippen LogP contribution is 2.36. The minimum absolute atomic E-state index is 0.0611. The lowest BCUT2D eigenvalue weighted by atomic mass is 9.85. The summed E-state index contributed by atoms with van der Waals surface area (Å²) in [5.41, 5.74) is 1.80. The van der Waals surface area contributed by atoms with Crippen LogP contribution >= 0.6 is 0 Å². The van der Waals surface area contributed by atoms with E-state index in [1.165, 1.54) is 13.0 Å². The molecule has 8 nitrogen and oxygen atoms in total. The van der Waals surface area contributed by atoms with Crippen molar-refractivity contribution in [2.75, 3.05) is 19.8 Å². The van der Waals surface area contributed by atoms with Gasteiger partial charge in [0.1, 0.15) is 18.8 Å². The van der Waals surface area contributed by atoms with E-state index >= 15 is 0 Å². The summed E-state index contributed by atoms with van der Waals surface area (Å²) in [5.74, 6) is -2.50. The summed E-state index contributed by atoms with van der Waals surface area (Å²) in [5, 5.41) is 19.1. The van der Waals surface area contributed by atoms with Crippen LogP contribution < -0.4 is 0 Å². The van der Waals surface area contributed by atoms with Crippen molar-refractivity contribution < 1.29 is 38.8 Å². The maximum absolute atomic E-state index is 12.7. The van der Waals surface area contributed by atoms with Crippen LogP contribution in [0.4, 0.5) is 0 Å². The maximum atomic E-state index is 12.7. The standard InChI is InChI=1S/C22H28O8/c1-13-5-4-6-16(11-23)10-19-20(14(2)21(26)29-19)18(9-13)30-22(27)17(12-24)7-8-28-15(3)25/h5,7,10,18-20,23-24H,2,4,6,8-9,11-12H2,1,3H3. The van der Waals surface area contributed by atoms with Gasteiger partial charge >= 0.3 is 17.9 Å². The number of fused-ring (bicyclic) bond motifs is 1. The predicted molar refractivity (Wildman–Crippen MR) is 107 cm³/mol. The summed E-state index contributed by atoms with van der Waals surface area (Å²) in [4.78, 5) is 35.7. The molecule has 30 heavy (non-hydrogen) atoms. The first-order valence-electron chi connectivity index (χ1n) is 9.76. The third kappa shape index (κ3) is 6.14. The van der Waals surface area contributed by atoms with Crippen LogP contribution in [0.15, 0.2) is 47.1 Å². The van der Waals surface area contributed by atoms with Crippen molar-refractivity contribution in [3.8, 4) is 0 Å². The molecule has 0 aromatic carbocycles. The van der Waals surface area contributed by atoms with Gasteiger partial charge in [0.2, 0.25) is 0 Å². The van der Waals surface area contributed by atoms with Crippen molar-refractivity contribution in [1.82, 2.24) is 0 Å². The lowest BCUT2D eigenvalue weighted by Crippen LogP contribution is -2.34. The fourth-order valence-electron chi connectivity index (χ4n) is 3.46. The Hall–Kier alpha value is -2.71. The molecule has 0 amide bonds. The highest BCUT2D eigenvalue weighted by atomic mass is 16.6. The molecule has 0 spiro atoms. The predicted octanol–water partition coefficient (Wildman–Crippen LogP) is 1.53. The minimum Gasteiger partial charge on any atom is -0.462 e. The first-order chi connectivity index (χ1) is 14.3. The molecular formula is C22H28O8. The number of carbonyl (C=O) groups is 3. The Morgan fingerprint density at radius 2 is 2.10 bits per heavy atom. The van der Waals surface area contributed by atoms with Crippen LogP contribution in [-0.4, -0.2) is 60.1 Å². The normalized spacial score (nSPS) is 24.9. The maximum Gasteiger partial charge on any atom is 0.336 e. The second-order valence-corrected chi connectivity index (χ2v) is 7.33. The quantitative estimate of drug-likeness (QED) is 0.287. The molecule has 1 saturated heterocycles. The van der Waals surface area contributed by atoms with Crippen LogP contribution in [0.3, 0.4) is 0 Å². The van der Waals surface area contributed by atoms with Crippen LogP contribution in [0.5, 0.6) is 0 Å². The molecule has 2 aliphatic rings. The van der Waals surface area contributed by atoms with Gasteiger partial charge in [0.05, 0.1) is 24.7 Å². The van der Waals surface area contributed by atoms with Crippen molar-refractivity contribution >= 4 is 17.9 Å². The number of hydrogen-bond donors (Lipinski definition) is 2. The van der Waals surface area contributed by atoms with E-state index in [1.807, 2.05) is 13.0 Å². The zero-order valence-electron chi connectivity index (χ0n) is 17.3. The monoisotopic (exact) mass is 420 g/mol. The van der Waals surface area contributed by atoms with E-state index in [0.717, 1.165) is 11.1 Å². The first-order valence-corrected chi connectivity index (χ1v) is 9.76. The Morgan fingerprint density at radius 3 is 2.73 bits per heavy atom. The van der Waals surface area contributed by atoms with Gasteiger partial charge in [-0.3, -0.25) is 4.79 Å². The zero-order chi connectivity index (χ0) is 22.3. The second-order valence-electron chi connectivity index (χ2n) is 7.33. The van der Waals surface area contributed by atoms with Gasteiger partial charge in [0.25, 0.3) is 0 Å². The molecular weight excluding hydrogens is 392 g/mol. The van der Waals surface area contributed by atoms with Gasteiger partial charge in [-0.25, -0.2) is 9.59 Å². The Kier molecular flexibility index (Phi) is 8.56. The molecule has 0 saturated carbocycles. The molecule has 1 aliphatic heterocycles. The van der Waals surface area contributed by atoms with Gasteiger partial charge in [-0.1, -0.05) is 18.2 Å². The number of carbonyl (C=O) groups excluding carboxylic acids is 3. The van der Waals surface area contributed by atoms with E-state index in [2.05, 4.69) is 6.58 Å². The Morgan fingerprint density at radius 1 is 1.37 bits per heavy atom. The Labute approximate surface area is 175 Å². The van der Waals surface area contributed by atoms with Crippen LogP contribution in [-0.2, 0) is 28.6 Å². The fourth-order valence-corrected chi connectivity index (χ4v) is 3.46. The molecule has 8 heteroatoms. The van der Waals surface area contributed by atoms with Crippen molar-refractivity contribution in [1.29, 1.82) is 0 Å². The van der Waals surface area contributed by atoms with Gasteiger partial charge in [-0.05, 0) is 37.5 Å². The van der Waals surface area contributed by atoms with E-state index < -0.39 is 42.6 Å². The molecule has 1 fully saturated rings. The van der Waals surface area contributed by atoms with Crippen molar-refractivity contribution in [3.05, 3.63) is 47.1 Å². The number of allylic oxidation sites excluding steroid dienone is 1. The summed E-state index contributed by atoms with van der Waals surface area (Å²) in [6.45, 7) is 6.00. The number of aliphatic hydroxyl groups excluding tert-OH is 2. The second kappa shape index (κ2) is 10.9. The topological polar surface area (TPSA) is 119 Å². The van der Waals surface area contributed by atoms with Gasteiger partial charge in [-0.15, -0.1) is 0 Å². The molecule has 1 aliphatic carbocycles. The van der Waals surface area contributed by atoms with E-state index in [4.69, 9.17) is 14.2 Å². The van der Waals surface area contributed by atoms with Crippen LogP contribution in [0, 0.1) is 5.92 Å². The molecule has 2 rings (SSSR count). The number of hydrogen-bond acceptors (Lipinski definition) is 8. The fraction of sp³-hybridized carbons (Fsp3) is 0.500. The Bertz CT molecular complexity index is 789. The molecule has 0 aromatic rings. The van der Waals surface area contributed by atoms with E-state index in [-0.39, 0.29) is 24.4 Å². The third-order valence-electron chi connectivity index (χ3n) is 5.05. The van der Waals surface area contributed by atoms with Gasteiger partial charge < -0.3 is 24.4 Å². The average molecular weight is 420 g/mol. The molecule has 2 N–H and O–H groups in total. The van der Waals surface area contributed by atoms with Gasteiger partial charge in [-0.2, -0.15) is 0 Å². The molecule has 0 radical (unpaired) electrons. The number of esters is 3. The molecule has 3 atom stereocenters. The molecule has 0 aromatic heterocycles. The molecule has 0 bridgehead atoms. The summed E-state index contributed by atoms with van der Waals surface area (Å²) < 4.78 is 15.9. The SMILES string of the molecule is C=C1C(=O)OC2C=C(CO)CCC=C(C)CC(OC(=O)C(=CCOC(C)=O)CO)C12. The van der Waals surface area contributed by atoms with Crippen molar-refractivity contribution in [2.45, 2.75) is 45.3 Å². The van der Waals surface area contributed by atoms with Crippen LogP contribution in [0.25, 0.3) is 0 Å². The number of ether oxygens (including phenoxy) is 3. The van der Waals surface area contributed by atoms with Crippen molar-refractivity contribution in [3.63, 3.8) is 0 Å². The first kappa shape index (κ1) is 23.6. The smallest absolute Gasteiger partial charge is 0.336 e. The summed E-state index contributed by atoms with van der Waals surface area (Å²) in [7, 11) is 0. The molecule has 1 heterocycles. The molecule has 164 valence electrons.